The van der Waals surface area contributed by atoms with Crippen LogP contribution in [0.3, 0.4) is 0 Å². The molecule has 2 heterocycles. The number of hydrogen-bond donors (Lipinski definition) is 1. The summed E-state index contributed by atoms with van der Waals surface area (Å²) >= 11 is 0. The Balaban J connectivity index is 1.53. The Hall–Kier alpha value is -3.95. The number of amides is 1. The Morgan fingerprint density at radius 2 is 1.93 bits per heavy atom. The normalized spacial score (nSPS) is 11.1. The Kier molecular flexibility index (Phi) is 5.05. The zero-order valence-electron chi connectivity index (χ0n) is 15.5. The van der Waals surface area contributed by atoms with Crippen LogP contribution in [0.25, 0.3) is 22.8 Å². The Bertz CT molecular complexity index is 1200. The summed E-state index contributed by atoms with van der Waals surface area (Å²) < 4.78 is 45.9. The molecular weight excluding hydrogens is 399 g/mol. The first-order valence-electron chi connectivity index (χ1n) is 8.74. The fourth-order valence-corrected chi connectivity index (χ4v) is 2.82. The van der Waals surface area contributed by atoms with Crippen LogP contribution in [0.2, 0.25) is 0 Å². The van der Waals surface area contributed by atoms with Gasteiger partial charge >= 0.3 is 0 Å². The van der Waals surface area contributed by atoms with Gasteiger partial charge in [-0.05, 0) is 30.3 Å². The van der Waals surface area contributed by atoms with Crippen molar-refractivity contribution < 1.29 is 22.5 Å². The van der Waals surface area contributed by atoms with Gasteiger partial charge in [-0.2, -0.15) is 10.1 Å². The minimum absolute atomic E-state index is 0.0531. The summed E-state index contributed by atoms with van der Waals surface area (Å²) in [5.41, 5.74) is 0.793. The SMILES string of the molecule is Cn1cc(-c2nc(-c3ccc(C(=O)Nc4cccc(F)c4)cc3)no2)c(C(F)F)n1. The van der Waals surface area contributed by atoms with Gasteiger partial charge in [0.25, 0.3) is 18.2 Å². The molecular formula is C20H14F3N5O2. The van der Waals surface area contributed by atoms with E-state index in [9.17, 15) is 18.0 Å². The minimum Gasteiger partial charge on any atom is -0.333 e. The first-order valence-corrected chi connectivity index (χ1v) is 8.74. The van der Waals surface area contributed by atoms with Crippen LogP contribution in [0.4, 0.5) is 18.9 Å². The molecule has 152 valence electrons. The van der Waals surface area contributed by atoms with E-state index < -0.39 is 23.8 Å². The molecule has 7 nitrogen and oxygen atoms in total. The molecule has 0 aliphatic heterocycles. The lowest BCUT2D eigenvalue weighted by Gasteiger charge is -2.05. The second-order valence-electron chi connectivity index (χ2n) is 6.37. The number of anilines is 1. The van der Waals surface area contributed by atoms with E-state index in [-0.39, 0.29) is 17.3 Å². The predicted octanol–water partition coefficient (Wildman–Crippen LogP) is 4.47. The maximum absolute atomic E-state index is 13.2. The second kappa shape index (κ2) is 7.82. The van der Waals surface area contributed by atoms with Crippen LogP contribution in [-0.4, -0.2) is 25.8 Å². The first-order chi connectivity index (χ1) is 14.4. The van der Waals surface area contributed by atoms with E-state index in [0.29, 0.717) is 16.8 Å². The van der Waals surface area contributed by atoms with Crippen LogP contribution >= 0.6 is 0 Å². The van der Waals surface area contributed by atoms with Crippen LogP contribution in [0, 0.1) is 5.82 Å². The van der Waals surface area contributed by atoms with Crippen molar-refractivity contribution in [2.24, 2.45) is 7.05 Å². The summed E-state index contributed by atoms with van der Waals surface area (Å²) in [6, 6.07) is 11.8. The fourth-order valence-electron chi connectivity index (χ4n) is 2.82. The van der Waals surface area contributed by atoms with Crippen LogP contribution in [0.15, 0.2) is 59.3 Å². The van der Waals surface area contributed by atoms with Crippen LogP contribution in [-0.2, 0) is 7.05 Å². The minimum atomic E-state index is -2.78. The predicted molar refractivity (Wildman–Crippen MR) is 101 cm³/mol. The van der Waals surface area contributed by atoms with E-state index in [1.165, 1.54) is 48.3 Å². The summed E-state index contributed by atoms with van der Waals surface area (Å²) in [6.45, 7) is 0. The topological polar surface area (TPSA) is 85.8 Å². The van der Waals surface area contributed by atoms with Crippen molar-refractivity contribution in [3.05, 3.63) is 71.8 Å². The molecule has 1 N–H and O–H groups in total. The highest BCUT2D eigenvalue weighted by molar-refractivity contribution is 6.04. The molecule has 2 aromatic heterocycles. The highest BCUT2D eigenvalue weighted by Crippen LogP contribution is 2.30. The Morgan fingerprint density at radius 3 is 2.63 bits per heavy atom. The number of rotatable bonds is 5. The summed E-state index contributed by atoms with van der Waals surface area (Å²) in [4.78, 5) is 16.5. The molecule has 30 heavy (non-hydrogen) atoms. The summed E-state index contributed by atoms with van der Waals surface area (Å²) in [5, 5.41) is 10.1. The zero-order valence-corrected chi connectivity index (χ0v) is 15.5. The molecule has 0 radical (unpaired) electrons. The summed E-state index contributed by atoms with van der Waals surface area (Å²) in [5.74, 6) is -0.787. The van der Waals surface area contributed by atoms with Crippen LogP contribution < -0.4 is 5.32 Å². The number of nitrogens with one attached hydrogen (secondary N) is 1. The van der Waals surface area contributed by atoms with Gasteiger partial charge in [0.05, 0.1) is 5.56 Å². The number of halogens is 3. The highest BCUT2D eigenvalue weighted by atomic mass is 19.3. The fraction of sp³-hybridized carbons (Fsp3) is 0.100. The van der Waals surface area contributed by atoms with Crippen molar-refractivity contribution in [2.75, 3.05) is 5.32 Å². The number of aryl methyl sites for hydroxylation is 1. The van der Waals surface area contributed by atoms with E-state index >= 15 is 0 Å². The molecule has 1 amide bonds. The quantitative estimate of drug-likeness (QED) is 0.522. The molecule has 0 saturated carbocycles. The molecule has 0 unspecified atom stereocenters. The molecule has 0 atom stereocenters. The molecule has 0 fully saturated rings. The number of nitrogens with zero attached hydrogens (tertiary/aromatic N) is 4. The van der Waals surface area contributed by atoms with Gasteiger partial charge in [-0.15, -0.1) is 0 Å². The van der Waals surface area contributed by atoms with E-state index in [1.807, 2.05) is 0 Å². The summed E-state index contributed by atoms with van der Waals surface area (Å²) in [7, 11) is 1.51. The van der Waals surface area contributed by atoms with E-state index in [1.54, 1.807) is 18.2 Å². The second-order valence-corrected chi connectivity index (χ2v) is 6.37. The molecule has 10 heteroatoms. The maximum atomic E-state index is 13.2. The van der Waals surface area contributed by atoms with Crippen LogP contribution in [0.5, 0.6) is 0 Å². The first kappa shape index (κ1) is 19.4. The van der Waals surface area contributed by atoms with Gasteiger partial charge in [-0.25, -0.2) is 13.2 Å². The van der Waals surface area contributed by atoms with Crippen molar-refractivity contribution in [3.8, 4) is 22.8 Å². The summed E-state index contributed by atoms with van der Waals surface area (Å²) in [6.07, 6.45) is -1.41. The van der Waals surface area contributed by atoms with E-state index in [4.69, 9.17) is 4.52 Å². The molecule has 4 rings (SSSR count). The van der Waals surface area contributed by atoms with Gasteiger partial charge < -0.3 is 9.84 Å². The molecule has 4 aromatic rings. The highest BCUT2D eigenvalue weighted by Gasteiger charge is 2.23. The lowest BCUT2D eigenvalue weighted by atomic mass is 10.1. The molecule has 0 aliphatic carbocycles. The number of alkyl halides is 2. The largest absolute Gasteiger partial charge is 0.333 e. The smallest absolute Gasteiger partial charge is 0.282 e. The molecule has 0 spiro atoms. The third kappa shape index (κ3) is 3.93. The van der Waals surface area contributed by atoms with Gasteiger partial charge in [0.2, 0.25) is 5.82 Å². The molecule has 0 saturated heterocycles. The number of aromatic nitrogens is 4. The average Bonchev–Trinajstić information content (AvgIpc) is 3.35. The Labute approximate surface area is 168 Å². The van der Waals surface area contributed by atoms with Crippen molar-refractivity contribution in [3.63, 3.8) is 0 Å². The number of carbonyl (C=O) groups is 1. The van der Waals surface area contributed by atoms with Gasteiger partial charge in [-0.3, -0.25) is 9.48 Å². The zero-order chi connectivity index (χ0) is 21.3. The number of hydrogen-bond acceptors (Lipinski definition) is 5. The van der Waals surface area contributed by atoms with Crippen molar-refractivity contribution in [1.82, 2.24) is 19.9 Å². The number of benzene rings is 2. The standard InChI is InChI=1S/C20H14F3N5O2/c1-28-10-15(16(26-28)17(22)23)20-25-18(27-30-20)11-5-7-12(8-6-11)19(29)24-14-4-2-3-13(21)9-14/h2-10,17H,1H3,(H,24,29). The third-order valence-electron chi connectivity index (χ3n) is 4.21. The van der Waals surface area contributed by atoms with Crippen molar-refractivity contribution in [2.45, 2.75) is 6.43 Å². The average molecular weight is 413 g/mol. The van der Waals surface area contributed by atoms with E-state index in [2.05, 4.69) is 20.6 Å². The van der Waals surface area contributed by atoms with Crippen molar-refractivity contribution >= 4 is 11.6 Å². The van der Waals surface area contributed by atoms with Gasteiger partial charge in [0.1, 0.15) is 11.5 Å². The molecule has 2 aromatic carbocycles. The number of carbonyl (C=O) groups excluding carboxylic acids is 1. The maximum Gasteiger partial charge on any atom is 0.282 e. The van der Waals surface area contributed by atoms with Gasteiger partial charge in [-0.1, -0.05) is 23.4 Å². The van der Waals surface area contributed by atoms with Gasteiger partial charge in [0, 0.05) is 30.1 Å². The van der Waals surface area contributed by atoms with Crippen LogP contribution in [0.1, 0.15) is 22.5 Å². The molecule has 0 bridgehead atoms. The van der Waals surface area contributed by atoms with Gasteiger partial charge in [0.15, 0.2) is 0 Å². The van der Waals surface area contributed by atoms with E-state index in [0.717, 1.165) is 0 Å². The lowest BCUT2D eigenvalue weighted by molar-refractivity contribution is 0.102. The lowest BCUT2D eigenvalue weighted by Crippen LogP contribution is -2.11. The Morgan fingerprint density at radius 1 is 1.17 bits per heavy atom. The monoisotopic (exact) mass is 413 g/mol. The third-order valence-corrected chi connectivity index (χ3v) is 4.21. The van der Waals surface area contributed by atoms with Crippen molar-refractivity contribution in [1.29, 1.82) is 0 Å². The molecule has 0 aliphatic rings.